The lowest BCUT2D eigenvalue weighted by atomic mass is 9.91. The maximum atomic E-state index is 4.58. The molecule has 2 aliphatic rings. The van der Waals surface area contributed by atoms with E-state index in [4.69, 9.17) is 0 Å². The van der Waals surface area contributed by atoms with Gasteiger partial charge < -0.3 is 0 Å². The van der Waals surface area contributed by atoms with Crippen LogP contribution in [0.3, 0.4) is 0 Å². The van der Waals surface area contributed by atoms with Crippen molar-refractivity contribution in [3.8, 4) is 5.69 Å². The minimum atomic E-state index is 0.00160. The zero-order chi connectivity index (χ0) is 23.5. The molecule has 2 fully saturated rings. The van der Waals surface area contributed by atoms with Crippen molar-refractivity contribution in [2.75, 3.05) is 26.2 Å². The van der Waals surface area contributed by atoms with Gasteiger partial charge in [-0.1, -0.05) is 48.9 Å². The van der Waals surface area contributed by atoms with Gasteiger partial charge in [-0.15, -0.1) is 5.10 Å². The fourth-order valence-corrected chi connectivity index (χ4v) is 5.36. The van der Waals surface area contributed by atoms with Gasteiger partial charge in [0.05, 0.1) is 18.3 Å². The summed E-state index contributed by atoms with van der Waals surface area (Å²) in [6.45, 7) is 4.99. The molecule has 1 aliphatic carbocycles. The van der Waals surface area contributed by atoms with Crippen molar-refractivity contribution in [1.29, 1.82) is 0 Å². The van der Waals surface area contributed by atoms with E-state index in [0.717, 1.165) is 37.2 Å². The van der Waals surface area contributed by atoms with Gasteiger partial charge >= 0.3 is 0 Å². The predicted molar refractivity (Wildman–Crippen MR) is 134 cm³/mol. The van der Waals surface area contributed by atoms with Crippen molar-refractivity contribution < 1.29 is 0 Å². The van der Waals surface area contributed by atoms with Crippen LogP contribution in [0.1, 0.15) is 48.7 Å². The lowest BCUT2D eigenvalue weighted by Crippen LogP contribution is -2.42. The highest BCUT2D eigenvalue weighted by molar-refractivity contribution is 5.37. The predicted octanol–water partition coefficient (Wildman–Crippen LogP) is 3.56. The van der Waals surface area contributed by atoms with Crippen LogP contribution in [-0.4, -0.2) is 72.0 Å². The van der Waals surface area contributed by atoms with E-state index in [9.17, 15) is 0 Å². The molecule has 0 radical (unpaired) electrons. The Morgan fingerprint density at radius 1 is 0.857 bits per heavy atom. The fraction of sp³-hybridized carbons (Fsp3) is 0.407. The number of hydrogen-bond acceptors (Lipinski definition) is 6. The molecule has 2 aromatic carbocycles. The van der Waals surface area contributed by atoms with E-state index in [0.29, 0.717) is 6.54 Å². The van der Waals surface area contributed by atoms with E-state index in [1.54, 1.807) is 6.20 Å². The van der Waals surface area contributed by atoms with E-state index in [-0.39, 0.29) is 6.04 Å². The monoisotopic (exact) mass is 468 g/mol. The largest absolute Gasteiger partial charge is 0.299 e. The number of hydrogen-bond donors (Lipinski definition) is 0. The maximum absolute atomic E-state index is 4.58. The molecule has 1 aliphatic heterocycles. The SMILES string of the molecule is c1ccc(Cn2nnnc2C(c2ccc(-n3cccn3)cc2)N2CCCN(C3CCC3)CC2)cc1. The normalized spacial score (nSPS) is 18.7. The maximum Gasteiger partial charge on any atom is 0.173 e. The van der Waals surface area contributed by atoms with E-state index >= 15 is 0 Å². The lowest BCUT2D eigenvalue weighted by Gasteiger charge is -2.37. The first-order valence-electron chi connectivity index (χ1n) is 12.7. The Morgan fingerprint density at radius 3 is 2.46 bits per heavy atom. The van der Waals surface area contributed by atoms with Crippen molar-refractivity contribution in [3.05, 3.63) is 90.0 Å². The van der Waals surface area contributed by atoms with Crippen LogP contribution in [0.15, 0.2) is 73.1 Å². The molecular weight excluding hydrogens is 436 g/mol. The van der Waals surface area contributed by atoms with Crippen LogP contribution < -0.4 is 0 Å². The summed E-state index contributed by atoms with van der Waals surface area (Å²) in [5.74, 6) is 0.901. The summed E-state index contributed by atoms with van der Waals surface area (Å²) in [4.78, 5) is 5.28. The second-order valence-corrected chi connectivity index (χ2v) is 9.64. The van der Waals surface area contributed by atoms with Crippen LogP contribution >= 0.6 is 0 Å². The Hall–Kier alpha value is -3.36. The van der Waals surface area contributed by atoms with Crippen molar-refractivity contribution in [2.24, 2.45) is 0 Å². The molecule has 0 amide bonds. The van der Waals surface area contributed by atoms with E-state index in [2.05, 4.69) is 79.0 Å². The van der Waals surface area contributed by atoms with Crippen LogP contribution in [0.4, 0.5) is 0 Å². The van der Waals surface area contributed by atoms with E-state index in [1.165, 1.54) is 43.4 Å². The Bertz CT molecular complexity index is 1200. The third-order valence-corrected chi connectivity index (χ3v) is 7.48. The lowest BCUT2D eigenvalue weighted by molar-refractivity contribution is 0.127. The number of rotatable bonds is 7. The van der Waals surface area contributed by atoms with Gasteiger partial charge in [-0.05, 0) is 65.6 Å². The molecule has 0 N–H and O–H groups in total. The zero-order valence-electron chi connectivity index (χ0n) is 20.0. The molecule has 4 aromatic rings. The van der Waals surface area contributed by atoms with Gasteiger partial charge in [0, 0.05) is 38.1 Å². The summed E-state index contributed by atoms with van der Waals surface area (Å²) in [7, 11) is 0. The van der Waals surface area contributed by atoms with Crippen molar-refractivity contribution >= 4 is 0 Å². The summed E-state index contributed by atoms with van der Waals surface area (Å²) in [5, 5.41) is 17.5. The second-order valence-electron chi connectivity index (χ2n) is 9.64. The molecule has 1 saturated heterocycles. The Labute approximate surface area is 206 Å². The second kappa shape index (κ2) is 10.1. The van der Waals surface area contributed by atoms with Gasteiger partial charge in [0.15, 0.2) is 5.82 Å². The van der Waals surface area contributed by atoms with E-state index < -0.39 is 0 Å². The summed E-state index contributed by atoms with van der Waals surface area (Å²) < 4.78 is 3.86. The van der Waals surface area contributed by atoms with Gasteiger partial charge in [0.2, 0.25) is 0 Å². The average molecular weight is 469 g/mol. The van der Waals surface area contributed by atoms with Crippen molar-refractivity contribution in [1.82, 2.24) is 39.8 Å². The van der Waals surface area contributed by atoms with Gasteiger partial charge in [0.1, 0.15) is 0 Å². The highest BCUT2D eigenvalue weighted by Gasteiger charge is 2.32. The summed E-state index contributed by atoms with van der Waals surface area (Å²) >= 11 is 0. The highest BCUT2D eigenvalue weighted by atomic mass is 15.6. The number of aromatic nitrogens is 6. The number of tetrazole rings is 1. The first kappa shape index (κ1) is 22.1. The van der Waals surface area contributed by atoms with Crippen LogP contribution in [0, 0.1) is 0 Å². The molecule has 1 atom stereocenters. The first-order valence-corrected chi connectivity index (χ1v) is 12.7. The molecule has 3 heterocycles. The number of benzene rings is 2. The minimum Gasteiger partial charge on any atom is -0.299 e. The molecular formula is C27H32N8. The van der Waals surface area contributed by atoms with Crippen LogP contribution in [0.5, 0.6) is 0 Å². The summed E-state index contributed by atoms with van der Waals surface area (Å²) in [5.41, 5.74) is 3.45. The molecule has 180 valence electrons. The molecule has 1 saturated carbocycles. The Morgan fingerprint density at radius 2 is 1.71 bits per heavy atom. The molecule has 6 rings (SSSR count). The summed E-state index contributed by atoms with van der Waals surface area (Å²) in [6, 6.07) is 21.8. The molecule has 8 heteroatoms. The standard InChI is InChI=1S/C27H32N8/c1-2-7-22(8-3-1)21-35-27(29-30-31-35)26(23-11-13-25(14-12-23)34-18-5-15-28-34)33-17-6-16-32(19-20-33)24-9-4-10-24/h1-3,5,7-8,11-15,18,24,26H,4,6,9-10,16-17,19-21H2. The molecule has 8 nitrogen and oxygen atoms in total. The van der Waals surface area contributed by atoms with Crippen molar-refractivity contribution in [3.63, 3.8) is 0 Å². The molecule has 1 unspecified atom stereocenters. The van der Waals surface area contributed by atoms with Gasteiger partial charge in [-0.3, -0.25) is 9.80 Å². The molecule has 35 heavy (non-hydrogen) atoms. The van der Waals surface area contributed by atoms with Crippen LogP contribution in [0.2, 0.25) is 0 Å². The Kier molecular flexibility index (Phi) is 6.38. The Balaban J connectivity index is 1.32. The quantitative estimate of drug-likeness (QED) is 0.413. The van der Waals surface area contributed by atoms with E-state index in [1.807, 2.05) is 27.7 Å². The van der Waals surface area contributed by atoms with Gasteiger partial charge in [0.25, 0.3) is 0 Å². The zero-order valence-corrected chi connectivity index (χ0v) is 20.0. The fourth-order valence-electron chi connectivity index (χ4n) is 5.36. The third kappa shape index (κ3) is 4.76. The van der Waals surface area contributed by atoms with Gasteiger partial charge in [-0.25, -0.2) is 9.36 Å². The smallest absolute Gasteiger partial charge is 0.173 e. The average Bonchev–Trinajstić information content (AvgIpc) is 3.50. The number of nitrogens with zero attached hydrogens (tertiary/aromatic N) is 8. The van der Waals surface area contributed by atoms with Crippen molar-refractivity contribution in [2.45, 2.75) is 44.3 Å². The molecule has 0 spiro atoms. The third-order valence-electron chi connectivity index (χ3n) is 7.48. The first-order chi connectivity index (χ1) is 17.3. The van der Waals surface area contributed by atoms with Crippen LogP contribution in [-0.2, 0) is 6.54 Å². The summed E-state index contributed by atoms with van der Waals surface area (Å²) in [6.07, 6.45) is 9.03. The molecule has 2 aromatic heterocycles. The molecule has 0 bridgehead atoms. The highest BCUT2D eigenvalue weighted by Crippen LogP contribution is 2.31. The van der Waals surface area contributed by atoms with Gasteiger partial charge in [-0.2, -0.15) is 5.10 Å². The minimum absolute atomic E-state index is 0.00160. The topological polar surface area (TPSA) is 67.9 Å². The van der Waals surface area contributed by atoms with Crippen LogP contribution in [0.25, 0.3) is 5.69 Å².